The van der Waals surface area contributed by atoms with Crippen molar-refractivity contribution in [2.75, 3.05) is 10.6 Å². The number of hydrogen-bond acceptors (Lipinski definition) is 3. The minimum atomic E-state index is -3.41. The summed E-state index contributed by atoms with van der Waals surface area (Å²) in [7, 11) is -3.41. The Morgan fingerprint density at radius 3 is 2.23 bits per heavy atom. The van der Waals surface area contributed by atoms with Crippen molar-refractivity contribution in [3.63, 3.8) is 0 Å². The second kappa shape index (κ2) is 8.85. The number of sulfonamides is 1. The highest BCUT2D eigenvalue weighted by Crippen LogP contribution is 2.20. The summed E-state index contributed by atoms with van der Waals surface area (Å²) in [6, 6.07) is 16.2. The molecule has 1 atom stereocenters. The zero-order chi connectivity index (χ0) is 19.2. The number of anilines is 1. The first-order chi connectivity index (χ1) is 12.3. The Morgan fingerprint density at radius 1 is 1.08 bits per heavy atom. The van der Waals surface area contributed by atoms with Crippen LogP contribution in [-0.2, 0) is 16.6 Å². The molecule has 0 aliphatic carbocycles. The van der Waals surface area contributed by atoms with Crippen molar-refractivity contribution in [3.8, 4) is 0 Å². The lowest BCUT2D eigenvalue weighted by Gasteiger charge is -2.22. The van der Waals surface area contributed by atoms with Crippen LogP contribution >= 0.6 is 0 Å². The van der Waals surface area contributed by atoms with Gasteiger partial charge in [0.15, 0.2) is 0 Å². The first kappa shape index (κ1) is 20.0. The van der Waals surface area contributed by atoms with Crippen LogP contribution in [0, 0.1) is 0 Å². The largest absolute Gasteiger partial charge is 0.350 e. The van der Waals surface area contributed by atoms with Gasteiger partial charge >= 0.3 is 0 Å². The maximum absolute atomic E-state index is 12.2. The lowest BCUT2D eigenvalue weighted by Crippen LogP contribution is -2.32. The van der Waals surface area contributed by atoms with E-state index in [0.717, 1.165) is 18.4 Å². The van der Waals surface area contributed by atoms with E-state index in [1.807, 2.05) is 13.0 Å². The van der Waals surface area contributed by atoms with Gasteiger partial charge in [0.25, 0.3) is 5.91 Å². The number of rotatable bonds is 8. The van der Waals surface area contributed by atoms with Crippen LogP contribution in [0.1, 0.15) is 42.6 Å². The Labute approximate surface area is 156 Å². The highest BCUT2D eigenvalue weighted by molar-refractivity contribution is 7.92. The number of carbonyl (C=O) groups excluding carboxylic acids is 1. The molecule has 0 aliphatic heterocycles. The number of amides is 1. The third-order valence-corrected chi connectivity index (χ3v) is 5.23. The van der Waals surface area contributed by atoms with Gasteiger partial charge < -0.3 is 5.32 Å². The first-order valence-corrected chi connectivity index (χ1v) is 10.6. The summed E-state index contributed by atoms with van der Waals surface area (Å²) in [6.07, 6.45) is 3.14. The predicted molar refractivity (Wildman–Crippen MR) is 106 cm³/mol. The van der Waals surface area contributed by atoms with E-state index in [2.05, 4.69) is 12.2 Å². The maximum atomic E-state index is 12.2. The minimum Gasteiger partial charge on any atom is -0.350 e. The molecule has 0 saturated carbocycles. The molecule has 2 aromatic carbocycles. The molecule has 2 aromatic rings. The molecule has 0 heterocycles. The smallest absolute Gasteiger partial charge is 0.251 e. The highest BCUT2D eigenvalue weighted by atomic mass is 32.2. The quantitative estimate of drug-likeness (QED) is 0.768. The summed E-state index contributed by atoms with van der Waals surface area (Å²) in [4.78, 5) is 12.2. The molecule has 1 N–H and O–H groups in total. The lowest BCUT2D eigenvalue weighted by atomic mass is 10.1. The van der Waals surface area contributed by atoms with E-state index in [1.165, 1.54) is 10.6 Å². The van der Waals surface area contributed by atoms with Crippen LogP contribution in [0.2, 0.25) is 0 Å². The Morgan fingerprint density at radius 2 is 1.69 bits per heavy atom. The van der Waals surface area contributed by atoms with Crippen molar-refractivity contribution < 1.29 is 13.2 Å². The van der Waals surface area contributed by atoms with E-state index in [1.54, 1.807) is 48.5 Å². The monoisotopic (exact) mass is 374 g/mol. The van der Waals surface area contributed by atoms with Gasteiger partial charge in [-0.2, -0.15) is 0 Å². The summed E-state index contributed by atoms with van der Waals surface area (Å²) in [5, 5.41) is 2.96. The predicted octanol–water partition coefficient (Wildman–Crippen LogP) is 3.57. The van der Waals surface area contributed by atoms with E-state index < -0.39 is 10.0 Å². The molecule has 5 nitrogen and oxygen atoms in total. The third kappa shape index (κ3) is 5.59. The average Bonchev–Trinajstić information content (AvgIpc) is 2.60. The van der Waals surface area contributed by atoms with Crippen molar-refractivity contribution >= 4 is 21.6 Å². The third-order valence-electron chi connectivity index (χ3n) is 4.09. The standard InChI is InChI=1S/C20H26N2O3S/c1-4-8-16(2)21-20(23)18-13-11-17(12-14-18)15-22(26(3,24)25)19-9-6-5-7-10-19/h5-7,9-14,16H,4,8,15H2,1-3H3,(H,21,23)/t16-/m1/s1. The molecule has 0 aliphatic rings. The highest BCUT2D eigenvalue weighted by Gasteiger charge is 2.18. The molecule has 26 heavy (non-hydrogen) atoms. The Balaban J connectivity index is 2.13. The number of benzene rings is 2. The fourth-order valence-corrected chi connectivity index (χ4v) is 3.62. The van der Waals surface area contributed by atoms with E-state index in [-0.39, 0.29) is 18.5 Å². The molecule has 6 heteroatoms. The van der Waals surface area contributed by atoms with Gasteiger partial charge in [-0.3, -0.25) is 9.10 Å². The van der Waals surface area contributed by atoms with Gasteiger partial charge in [0, 0.05) is 11.6 Å². The average molecular weight is 375 g/mol. The topological polar surface area (TPSA) is 66.5 Å². The zero-order valence-corrected chi connectivity index (χ0v) is 16.3. The Hall–Kier alpha value is -2.34. The molecule has 0 saturated heterocycles. The lowest BCUT2D eigenvalue weighted by molar-refractivity contribution is 0.0938. The van der Waals surface area contributed by atoms with Crippen molar-refractivity contribution in [3.05, 3.63) is 65.7 Å². The van der Waals surface area contributed by atoms with Crippen LogP contribution in [0.3, 0.4) is 0 Å². The van der Waals surface area contributed by atoms with E-state index in [4.69, 9.17) is 0 Å². The van der Waals surface area contributed by atoms with Crippen LogP contribution in [0.4, 0.5) is 5.69 Å². The number of nitrogens with one attached hydrogen (secondary N) is 1. The molecule has 0 bridgehead atoms. The number of nitrogens with zero attached hydrogens (tertiary/aromatic N) is 1. The maximum Gasteiger partial charge on any atom is 0.251 e. The van der Waals surface area contributed by atoms with Gasteiger partial charge in [0.2, 0.25) is 10.0 Å². The summed E-state index contributed by atoms with van der Waals surface area (Å²) in [5.41, 5.74) is 2.00. The summed E-state index contributed by atoms with van der Waals surface area (Å²) >= 11 is 0. The minimum absolute atomic E-state index is 0.111. The van der Waals surface area contributed by atoms with Crippen molar-refractivity contribution in [1.82, 2.24) is 5.32 Å². The molecule has 0 spiro atoms. The van der Waals surface area contributed by atoms with Gasteiger partial charge in [-0.25, -0.2) is 8.42 Å². The molecular formula is C20H26N2O3S. The van der Waals surface area contributed by atoms with Gasteiger partial charge in [-0.1, -0.05) is 43.7 Å². The summed E-state index contributed by atoms with van der Waals surface area (Å²) in [6.45, 7) is 4.29. The molecule has 0 radical (unpaired) electrons. The van der Waals surface area contributed by atoms with Gasteiger partial charge in [0.05, 0.1) is 18.5 Å². The zero-order valence-electron chi connectivity index (χ0n) is 15.5. The van der Waals surface area contributed by atoms with Crippen LogP contribution in [0.15, 0.2) is 54.6 Å². The summed E-state index contributed by atoms with van der Waals surface area (Å²) in [5.74, 6) is -0.111. The fraction of sp³-hybridized carbons (Fsp3) is 0.350. The Kier molecular flexibility index (Phi) is 6.80. The van der Waals surface area contributed by atoms with Gasteiger partial charge in [-0.15, -0.1) is 0 Å². The van der Waals surface area contributed by atoms with Crippen LogP contribution < -0.4 is 9.62 Å². The molecule has 1 amide bonds. The van der Waals surface area contributed by atoms with Crippen molar-refractivity contribution in [2.24, 2.45) is 0 Å². The van der Waals surface area contributed by atoms with E-state index in [0.29, 0.717) is 11.3 Å². The number of carbonyl (C=O) groups is 1. The first-order valence-electron chi connectivity index (χ1n) is 8.74. The van der Waals surface area contributed by atoms with Crippen LogP contribution in [0.5, 0.6) is 0 Å². The Bertz CT molecular complexity index is 818. The van der Waals surface area contributed by atoms with E-state index in [9.17, 15) is 13.2 Å². The van der Waals surface area contributed by atoms with Crippen molar-refractivity contribution in [2.45, 2.75) is 39.3 Å². The molecule has 140 valence electrons. The molecule has 0 aromatic heterocycles. The second-order valence-electron chi connectivity index (χ2n) is 6.47. The van der Waals surface area contributed by atoms with Gasteiger partial charge in [-0.05, 0) is 43.2 Å². The van der Waals surface area contributed by atoms with Crippen molar-refractivity contribution in [1.29, 1.82) is 0 Å². The number of hydrogen-bond donors (Lipinski definition) is 1. The molecule has 0 unspecified atom stereocenters. The molecule has 2 rings (SSSR count). The van der Waals surface area contributed by atoms with Crippen LogP contribution in [-0.4, -0.2) is 26.6 Å². The van der Waals surface area contributed by atoms with E-state index >= 15 is 0 Å². The molecule has 0 fully saturated rings. The second-order valence-corrected chi connectivity index (χ2v) is 8.37. The number of para-hydroxylation sites is 1. The fourth-order valence-electron chi connectivity index (χ4n) is 2.73. The molecular weight excluding hydrogens is 348 g/mol. The SMILES string of the molecule is CCC[C@@H](C)NC(=O)c1ccc(CN(c2ccccc2)S(C)(=O)=O)cc1. The van der Waals surface area contributed by atoms with Crippen LogP contribution in [0.25, 0.3) is 0 Å². The summed E-state index contributed by atoms with van der Waals surface area (Å²) < 4.78 is 25.7. The van der Waals surface area contributed by atoms with Gasteiger partial charge in [0.1, 0.15) is 0 Å². The normalized spacial score (nSPS) is 12.4.